The number of ether oxygens (including phenoxy) is 1. The van der Waals surface area contributed by atoms with Crippen LogP contribution in [0.3, 0.4) is 0 Å². The molecule has 6 nitrogen and oxygen atoms in total. The molecule has 2 rings (SSSR count). The molecule has 0 spiro atoms. The van der Waals surface area contributed by atoms with Crippen molar-refractivity contribution in [2.24, 2.45) is 11.1 Å². The maximum absolute atomic E-state index is 11.4. The Hall–Kier alpha value is -1.82. The normalized spacial score (nSPS) is 17.9. The number of primary amides is 1. The highest BCUT2D eigenvalue weighted by molar-refractivity contribution is 5.98. The Morgan fingerprint density at radius 1 is 1.53 bits per heavy atom. The lowest BCUT2D eigenvalue weighted by atomic mass is 9.82. The number of hydrogen-bond donors (Lipinski definition) is 3. The molecule has 104 valence electrons. The molecular weight excluding hydrogens is 244 g/mol. The quantitative estimate of drug-likeness (QED) is 0.752. The second kappa shape index (κ2) is 5.44. The lowest BCUT2D eigenvalue weighted by Gasteiger charge is -2.33. The summed E-state index contributed by atoms with van der Waals surface area (Å²) < 4.78 is 5.36. The van der Waals surface area contributed by atoms with Gasteiger partial charge in [0.1, 0.15) is 5.82 Å². The van der Waals surface area contributed by atoms with Gasteiger partial charge >= 0.3 is 0 Å². The number of carbonyl (C=O) groups excluding carboxylic acids is 1. The van der Waals surface area contributed by atoms with E-state index in [0.29, 0.717) is 17.1 Å². The molecule has 1 aliphatic rings. The minimum atomic E-state index is -0.528. The van der Waals surface area contributed by atoms with Crippen LogP contribution in [-0.4, -0.2) is 30.6 Å². The molecule has 0 saturated carbocycles. The SMILES string of the molecule is CC1(CNc2ncc(N)cc2C(N)=O)CCOCC1. The van der Waals surface area contributed by atoms with Gasteiger partial charge in [0.05, 0.1) is 17.4 Å². The van der Waals surface area contributed by atoms with E-state index in [0.717, 1.165) is 32.6 Å². The van der Waals surface area contributed by atoms with E-state index in [1.165, 1.54) is 6.20 Å². The molecule has 0 radical (unpaired) electrons. The third-order valence-electron chi connectivity index (χ3n) is 3.56. The number of anilines is 2. The van der Waals surface area contributed by atoms with E-state index in [1.807, 2.05) is 0 Å². The van der Waals surface area contributed by atoms with Crippen LogP contribution in [0.5, 0.6) is 0 Å². The fraction of sp³-hybridized carbons (Fsp3) is 0.538. The van der Waals surface area contributed by atoms with Gasteiger partial charge in [0.15, 0.2) is 0 Å². The predicted molar refractivity (Wildman–Crippen MR) is 73.8 cm³/mol. The van der Waals surface area contributed by atoms with Crippen LogP contribution in [0.25, 0.3) is 0 Å². The van der Waals surface area contributed by atoms with Crippen molar-refractivity contribution in [2.75, 3.05) is 30.8 Å². The Bertz CT molecular complexity index is 470. The van der Waals surface area contributed by atoms with Crippen LogP contribution in [0, 0.1) is 5.41 Å². The fourth-order valence-electron chi connectivity index (χ4n) is 2.15. The van der Waals surface area contributed by atoms with E-state index >= 15 is 0 Å². The van der Waals surface area contributed by atoms with E-state index in [2.05, 4.69) is 17.2 Å². The van der Waals surface area contributed by atoms with Crippen molar-refractivity contribution in [1.29, 1.82) is 0 Å². The Morgan fingerprint density at radius 3 is 2.84 bits per heavy atom. The average Bonchev–Trinajstić information content (AvgIpc) is 2.38. The van der Waals surface area contributed by atoms with Gasteiger partial charge < -0.3 is 21.5 Å². The van der Waals surface area contributed by atoms with Crippen LogP contribution in [0.15, 0.2) is 12.3 Å². The summed E-state index contributed by atoms with van der Waals surface area (Å²) in [6.45, 7) is 4.48. The largest absolute Gasteiger partial charge is 0.397 e. The van der Waals surface area contributed by atoms with Crippen molar-refractivity contribution in [3.05, 3.63) is 17.8 Å². The molecule has 0 unspecified atom stereocenters. The molecule has 0 aromatic carbocycles. The van der Waals surface area contributed by atoms with Gasteiger partial charge in [-0.15, -0.1) is 0 Å². The monoisotopic (exact) mass is 264 g/mol. The molecule has 19 heavy (non-hydrogen) atoms. The Labute approximate surface area is 112 Å². The van der Waals surface area contributed by atoms with Crippen molar-refractivity contribution < 1.29 is 9.53 Å². The van der Waals surface area contributed by atoms with E-state index in [-0.39, 0.29) is 5.41 Å². The van der Waals surface area contributed by atoms with E-state index in [4.69, 9.17) is 16.2 Å². The molecule has 0 atom stereocenters. The van der Waals surface area contributed by atoms with Gasteiger partial charge in [-0.1, -0.05) is 6.92 Å². The smallest absolute Gasteiger partial charge is 0.252 e. The molecule has 1 aromatic rings. The summed E-state index contributed by atoms with van der Waals surface area (Å²) in [4.78, 5) is 15.5. The summed E-state index contributed by atoms with van der Waals surface area (Å²) in [5.74, 6) is -0.0335. The number of rotatable bonds is 4. The van der Waals surface area contributed by atoms with Crippen molar-refractivity contribution in [3.8, 4) is 0 Å². The highest BCUT2D eigenvalue weighted by Crippen LogP contribution is 2.30. The van der Waals surface area contributed by atoms with Crippen LogP contribution in [0.4, 0.5) is 11.5 Å². The minimum Gasteiger partial charge on any atom is -0.397 e. The molecule has 1 saturated heterocycles. The number of aromatic nitrogens is 1. The standard InChI is InChI=1S/C13H20N4O2/c1-13(2-4-19-5-3-13)8-17-12-10(11(15)18)6-9(14)7-16-12/h6-7H,2-5,8,14H2,1H3,(H2,15,18)(H,16,17). The topological polar surface area (TPSA) is 103 Å². The van der Waals surface area contributed by atoms with E-state index < -0.39 is 5.91 Å². The number of hydrogen-bond acceptors (Lipinski definition) is 5. The molecule has 5 N–H and O–H groups in total. The van der Waals surface area contributed by atoms with Gasteiger partial charge in [0, 0.05) is 19.8 Å². The Morgan fingerprint density at radius 2 is 2.21 bits per heavy atom. The van der Waals surface area contributed by atoms with Crippen LogP contribution in [0.2, 0.25) is 0 Å². The summed E-state index contributed by atoms with van der Waals surface area (Å²) in [6.07, 6.45) is 3.49. The summed E-state index contributed by atoms with van der Waals surface area (Å²) >= 11 is 0. The number of nitrogens with two attached hydrogens (primary N) is 2. The van der Waals surface area contributed by atoms with Crippen molar-refractivity contribution in [2.45, 2.75) is 19.8 Å². The summed E-state index contributed by atoms with van der Waals surface area (Å²) in [5.41, 5.74) is 11.9. The van der Waals surface area contributed by atoms with E-state index in [9.17, 15) is 4.79 Å². The molecule has 2 heterocycles. The number of nitrogens with one attached hydrogen (secondary N) is 1. The number of pyridine rings is 1. The average molecular weight is 264 g/mol. The molecule has 1 aromatic heterocycles. The number of carbonyl (C=O) groups is 1. The first kappa shape index (κ1) is 13.6. The van der Waals surface area contributed by atoms with Crippen molar-refractivity contribution in [1.82, 2.24) is 4.98 Å². The zero-order valence-electron chi connectivity index (χ0n) is 11.1. The first-order valence-electron chi connectivity index (χ1n) is 6.37. The van der Waals surface area contributed by atoms with Gasteiger partial charge in [0.25, 0.3) is 5.91 Å². The van der Waals surface area contributed by atoms with Gasteiger partial charge in [-0.3, -0.25) is 4.79 Å². The second-order valence-corrected chi connectivity index (χ2v) is 5.31. The Kier molecular flexibility index (Phi) is 3.90. The zero-order chi connectivity index (χ0) is 13.9. The van der Waals surface area contributed by atoms with Crippen LogP contribution in [0.1, 0.15) is 30.1 Å². The van der Waals surface area contributed by atoms with Crippen molar-refractivity contribution in [3.63, 3.8) is 0 Å². The second-order valence-electron chi connectivity index (χ2n) is 5.31. The molecule has 0 aliphatic carbocycles. The summed E-state index contributed by atoms with van der Waals surface area (Å²) in [6, 6.07) is 1.55. The zero-order valence-corrected chi connectivity index (χ0v) is 11.1. The summed E-state index contributed by atoms with van der Waals surface area (Å²) in [5, 5.41) is 3.21. The molecular formula is C13H20N4O2. The highest BCUT2D eigenvalue weighted by atomic mass is 16.5. The van der Waals surface area contributed by atoms with Gasteiger partial charge in [-0.25, -0.2) is 4.98 Å². The maximum atomic E-state index is 11.4. The van der Waals surface area contributed by atoms with Gasteiger partial charge in [0.2, 0.25) is 0 Å². The van der Waals surface area contributed by atoms with Gasteiger partial charge in [-0.05, 0) is 24.3 Å². The number of nitrogen functional groups attached to an aromatic ring is 1. The van der Waals surface area contributed by atoms with Gasteiger partial charge in [-0.2, -0.15) is 0 Å². The van der Waals surface area contributed by atoms with Crippen LogP contribution in [-0.2, 0) is 4.74 Å². The third-order valence-corrected chi connectivity index (χ3v) is 3.56. The fourth-order valence-corrected chi connectivity index (χ4v) is 2.15. The lowest BCUT2D eigenvalue weighted by Crippen LogP contribution is -2.33. The predicted octanol–water partition coefficient (Wildman–Crippen LogP) is 0.991. The highest BCUT2D eigenvalue weighted by Gasteiger charge is 2.27. The van der Waals surface area contributed by atoms with Crippen LogP contribution >= 0.6 is 0 Å². The molecule has 0 bridgehead atoms. The first-order valence-corrected chi connectivity index (χ1v) is 6.37. The first-order chi connectivity index (χ1) is 9.00. The van der Waals surface area contributed by atoms with E-state index in [1.54, 1.807) is 6.07 Å². The van der Waals surface area contributed by atoms with Crippen molar-refractivity contribution >= 4 is 17.4 Å². The third kappa shape index (κ3) is 3.35. The number of nitrogens with zero attached hydrogens (tertiary/aromatic N) is 1. The minimum absolute atomic E-state index is 0.149. The number of amides is 1. The molecule has 1 fully saturated rings. The molecule has 6 heteroatoms. The Balaban J connectivity index is 2.08. The lowest BCUT2D eigenvalue weighted by molar-refractivity contribution is 0.0299. The maximum Gasteiger partial charge on any atom is 0.252 e. The molecule has 1 aliphatic heterocycles. The molecule has 1 amide bonds. The summed E-state index contributed by atoms with van der Waals surface area (Å²) in [7, 11) is 0. The van der Waals surface area contributed by atoms with Crippen LogP contribution < -0.4 is 16.8 Å².